The van der Waals surface area contributed by atoms with Crippen LogP contribution in [0.1, 0.15) is 0 Å². The lowest BCUT2D eigenvalue weighted by Gasteiger charge is -1.90. The maximum Gasteiger partial charge on any atom is 0.0936 e. The second kappa shape index (κ2) is 4.33. The molecule has 0 bridgehead atoms. The van der Waals surface area contributed by atoms with Crippen LogP contribution in [-0.2, 0) is 0 Å². The standard InChI is InChI=1S/C12H8N2/c1-3-7-11(8-4-1)13-14-12-9-5-2-6-10-12/h1-7,9H/b14-13+. The fraction of sp³-hybridized carbons (Fsp3) is 0. The fourth-order valence-corrected chi connectivity index (χ4v) is 1.000. The van der Waals surface area contributed by atoms with Crippen LogP contribution in [0, 0.1) is 12.1 Å². The van der Waals surface area contributed by atoms with Gasteiger partial charge in [-0.3, -0.25) is 0 Å². The highest BCUT2D eigenvalue weighted by Crippen LogP contribution is 2.15. The molecule has 0 amide bonds. The number of rotatable bonds is 2. The summed E-state index contributed by atoms with van der Waals surface area (Å²) in [5.74, 6) is 0. The van der Waals surface area contributed by atoms with Crippen molar-refractivity contribution >= 4 is 11.4 Å². The largest absolute Gasteiger partial charge is 0.150 e. The van der Waals surface area contributed by atoms with Crippen molar-refractivity contribution in [3.63, 3.8) is 0 Å². The van der Waals surface area contributed by atoms with Gasteiger partial charge < -0.3 is 0 Å². The molecule has 2 aromatic rings. The van der Waals surface area contributed by atoms with Gasteiger partial charge in [0.2, 0.25) is 0 Å². The van der Waals surface area contributed by atoms with E-state index in [0.717, 1.165) is 11.4 Å². The van der Waals surface area contributed by atoms with Gasteiger partial charge in [0.05, 0.1) is 11.4 Å². The first-order valence-electron chi connectivity index (χ1n) is 4.30. The van der Waals surface area contributed by atoms with Gasteiger partial charge in [0.25, 0.3) is 0 Å². The number of azo groups is 1. The van der Waals surface area contributed by atoms with Crippen molar-refractivity contribution in [3.8, 4) is 0 Å². The first kappa shape index (κ1) is 8.63. The van der Waals surface area contributed by atoms with E-state index in [2.05, 4.69) is 22.4 Å². The van der Waals surface area contributed by atoms with Crippen LogP contribution in [0.25, 0.3) is 0 Å². The Balaban J connectivity index is 2.16. The molecule has 0 aliphatic carbocycles. The van der Waals surface area contributed by atoms with Gasteiger partial charge in [0.15, 0.2) is 0 Å². The minimum atomic E-state index is 0.727. The van der Waals surface area contributed by atoms with Crippen LogP contribution >= 0.6 is 0 Å². The summed E-state index contributed by atoms with van der Waals surface area (Å²) in [5.41, 5.74) is 1.45. The van der Waals surface area contributed by atoms with E-state index < -0.39 is 0 Å². The fourth-order valence-electron chi connectivity index (χ4n) is 1.000. The monoisotopic (exact) mass is 180 g/mol. The predicted octanol–water partition coefficient (Wildman–Crippen LogP) is 3.70. The average molecular weight is 180 g/mol. The third kappa shape index (κ3) is 2.26. The Kier molecular flexibility index (Phi) is 2.67. The van der Waals surface area contributed by atoms with E-state index >= 15 is 0 Å². The normalized spacial score (nSPS) is 10.6. The zero-order valence-electron chi connectivity index (χ0n) is 7.51. The number of nitrogens with zero attached hydrogens (tertiary/aromatic N) is 2. The van der Waals surface area contributed by atoms with E-state index in [9.17, 15) is 0 Å². The lowest BCUT2D eigenvalue weighted by molar-refractivity contribution is 1.23. The van der Waals surface area contributed by atoms with Crippen LogP contribution in [0.2, 0.25) is 0 Å². The van der Waals surface area contributed by atoms with Crippen molar-refractivity contribution in [1.29, 1.82) is 0 Å². The molecular weight excluding hydrogens is 172 g/mol. The van der Waals surface area contributed by atoms with E-state index in [1.165, 1.54) is 0 Å². The molecule has 0 unspecified atom stereocenters. The molecule has 0 saturated heterocycles. The Morgan fingerprint density at radius 1 is 0.714 bits per heavy atom. The van der Waals surface area contributed by atoms with Crippen molar-refractivity contribution < 1.29 is 0 Å². The van der Waals surface area contributed by atoms with Crippen LogP contribution < -0.4 is 0 Å². The second-order valence-corrected chi connectivity index (χ2v) is 2.70. The van der Waals surface area contributed by atoms with Gasteiger partial charge in [-0.25, -0.2) is 0 Å². The minimum absolute atomic E-state index is 0.727. The smallest absolute Gasteiger partial charge is 0.0936 e. The van der Waals surface area contributed by atoms with Gasteiger partial charge in [0.1, 0.15) is 0 Å². The topological polar surface area (TPSA) is 24.7 Å². The average Bonchev–Trinajstić information content (AvgIpc) is 2.29. The highest BCUT2D eigenvalue weighted by atomic mass is 15.1. The molecule has 2 aromatic carbocycles. The Morgan fingerprint density at radius 3 is 1.57 bits per heavy atom. The number of hydrogen-bond acceptors (Lipinski definition) is 2. The molecule has 0 N–H and O–H groups in total. The quantitative estimate of drug-likeness (QED) is 0.629. The van der Waals surface area contributed by atoms with Gasteiger partial charge in [0, 0.05) is 12.1 Å². The van der Waals surface area contributed by atoms with Crippen LogP contribution in [-0.4, -0.2) is 0 Å². The molecule has 2 radical (unpaired) electrons. The summed E-state index contributed by atoms with van der Waals surface area (Å²) in [7, 11) is 0. The minimum Gasteiger partial charge on any atom is -0.150 e. The summed E-state index contributed by atoms with van der Waals surface area (Å²) in [5, 5.41) is 8.03. The molecule has 2 nitrogen and oxygen atoms in total. The van der Waals surface area contributed by atoms with E-state index in [0.29, 0.717) is 0 Å². The van der Waals surface area contributed by atoms with Gasteiger partial charge in [-0.15, -0.1) is 10.2 Å². The first-order chi connectivity index (χ1) is 6.95. The van der Waals surface area contributed by atoms with Crippen molar-refractivity contribution in [1.82, 2.24) is 0 Å². The van der Waals surface area contributed by atoms with Gasteiger partial charge >= 0.3 is 0 Å². The first-order valence-corrected chi connectivity index (χ1v) is 4.30. The van der Waals surface area contributed by atoms with E-state index in [-0.39, 0.29) is 0 Å². The van der Waals surface area contributed by atoms with E-state index in [1.807, 2.05) is 48.5 Å². The summed E-state index contributed by atoms with van der Waals surface area (Å²) in [6, 6.07) is 20.9. The summed E-state index contributed by atoms with van der Waals surface area (Å²) >= 11 is 0. The molecule has 14 heavy (non-hydrogen) atoms. The van der Waals surface area contributed by atoms with Gasteiger partial charge in [-0.2, -0.15) is 0 Å². The number of benzene rings is 2. The summed E-state index contributed by atoms with van der Waals surface area (Å²) in [6.07, 6.45) is 0. The van der Waals surface area contributed by atoms with E-state index in [1.54, 1.807) is 0 Å². The van der Waals surface area contributed by atoms with Crippen LogP contribution in [0.15, 0.2) is 58.8 Å². The Labute approximate surface area is 82.9 Å². The second-order valence-electron chi connectivity index (χ2n) is 2.70. The lowest BCUT2D eigenvalue weighted by atomic mass is 10.3. The molecule has 0 atom stereocenters. The van der Waals surface area contributed by atoms with Crippen molar-refractivity contribution in [2.75, 3.05) is 0 Å². The van der Waals surface area contributed by atoms with Gasteiger partial charge in [-0.1, -0.05) is 36.4 Å². The maximum atomic E-state index is 4.01. The molecule has 0 aliphatic heterocycles. The molecule has 0 spiro atoms. The molecule has 66 valence electrons. The summed E-state index contributed by atoms with van der Waals surface area (Å²) in [6.45, 7) is 0. The molecule has 0 heterocycles. The molecule has 0 aliphatic rings. The van der Waals surface area contributed by atoms with Crippen molar-refractivity contribution in [2.45, 2.75) is 0 Å². The molecule has 2 rings (SSSR count). The van der Waals surface area contributed by atoms with Crippen LogP contribution in [0.3, 0.4) is 0 Å². The zero-order chi connectivity index (χ0) is 9.64. The SMILES string of the molecule is [c]1ccccc1/N=N/c1[c]cccc1. The van der Waals surface area contributed by atoms with E-state index in [4.69, 9.17) is 0 Å². The maximum absolute atomic E-state index is 4.01. The summed E-state index contributed by atoms with van der Waals surface area (Å²) < 4.78 is 0. The van der Waals surface area contributed by atoms with Crippen LogP contribution in [0.4, 0.5) is 11.4 Å². The molecule has 0 fully saturated rings. The lowest BCUT2D eigenvalue weighted by Crippen LogP contribution is -1.63. The van der Waals surface area contributed by atoms with Crippen LogP contribution in [0.5, 0.6) is 0 Å². The Bertz CT molecular complexity index is 365. The van der Waals surface area contributed by atoms with Crippen molar-refractivity contribution in [2.24, 2.45) is 10.2 Å². The third-order valence-corrected chi connectivity index (χ3v) is 1.65. The molecule has 0 aromatic heterocycles. The zero-order valence-corrected chi connectivity index (χ0v) is 7.51. The summed E-state index contributed by atoms with van der Waals surface area (Å²) in [4.78, 5) is 0. The Morgan fingerprint density at radius 2 is 1.21 bits per heavy atom. The van der Waals surface area contributed by atoms with Gasteiger partial charge in [-0.05, 0) is 12.1 Å². The highest BCUT2D eigenvalue weighted by molar-refractivity contribution is 5.37. The van der Waals surface area contributed by atoms with Crippen molar-refractivity contribution in [3.05, 3.63) is 60.7 Å². The molecule has 0 saturated carbocycles. The Hall–Kier alpha value is -1.96. The predicted molar refractivity (Wildman–Crippen MR) is 54.7 cm³/mol. The number of hydrogen-bond donors (Lipinski definition) is 0. The third-order valence-electron chi connectivity index (χ3n) is 1.65. The molecule has 2 heteroatoms. The molecular formula is C12H8N2. The highest BCUT2D eigenvalue weighted by Gasteiger charge is 1.87.